The fourth-order valence-corrected chi connectivity index (χ4v) is 3.84. The maximum absolute atomic E-state index is 13.5. The summed E-state index contributed by atoms with van der Waals surface area (Å²) in [6.45, 7) is 3.33. The highest BCUT2D eigenvalue weighted by atomic mass is 19.1. The van der Waals surface area contributed by atoms with Crippen LogP contribution < -0.4 is 10.1 Å². The summed E-state index contributed by atoms with van der Waals surface area (Å²) in [4.78, 5) is 12.5. The fraction of sp³-hybridized carbons (Fsp3) is 0.360. The van der Waals surface area contributed by atoms with Crippen molar-refractivity contribution in [3.05, 3.63) is 71.7 Å². The Bertz CT molecular complexity index is 1030. The lowest BCUT2D eigenvalue weighted by Crippen LogP contribution is -2.31. The molecular weight excluding hydrogens is 409 g/mol. The molecule has 1 atom stereocenters. The molecule has 4 rings (SSSR count). The normalized spacial score (nSPS) is 15.6. The number of ether oxygens (including phenoxy) is 2. The highest BCUT2D eigenvalue weighted by molar-refractivity contribution is 5.76. The predicted octanol–water partition coefficient (Wildman–Crippen LogP) is 4.59. The first-order chi connectivity index (χ1) is 15.6. The van der Waals surface area contributed by atoms with Crippen molar-refractivity contribution in [2.45, 2.75) is 45.1 Å². The van der Waals surface area contributed by atoms with E-state index in [1.54, 1.807) is 16.8 Å². The van der Waals surface area contributed by atoms with Crippen molar-refractivity contribution in [3.8, 4) is 17.3 Å². The molecule has 6 nitrogen and oxygen atoms in total. The number of benzene rings is 2. The number of amides is 1. The van der Waals surface area contributed by atoms with E-state index in [1.165, 1.54) is 12.1 Å². The van der Waals surface area contributed by atoms with Crippen LogP contribution in [0.3, 0.4) is 0 Å². The number of hydrogen-bond donors (Lipinski definition) is 1. The van der Waals surface area contributed by atoms with Gasteiger partial charge in [0, 0.05) is 25.1 Å². The number of nitrogens with one attached hydrogen (secondary N) is 1. The smallest absolute Gasteiger partial charge is 0.226 e. The van der Waals surface area contributed by atoms with Crippen LogP contribution >= 0.6 is 0 Å². The van der Waals surface area contributed by atoms with E-state index in [4.69, 9.17) is 14.6 Å². The maximum Gasteiger partial charge on any atom is 0.226 e. The van der Waals surface area contributed by atoms with E-state index in [2.05, 4.69) is 5.32 Å². The van der Waals surface area contributed by atoms with Gasteiger partial charge in [-0.05, 0) is 62.1 Å². The molecule has 1 N–H and O–H groups in total. The first-order valence-corrected chi connectivity index (χ1v) is 11.1. The van der Waals surface area contributed by atoms with E-state index in [0.29, 0.717) is 43.1 Å². The van der Waals surface area contributed by atoms with Gasteiger partial charge in [0.05, 0.1) is 17.5 Å². The third-order valence-corrected chi connectivity index (χ3v) is 5.54. The Balaban J connectivity index is 1.57. The summed E-state index contributed by atoms with van der Waals surface area (Å²) in [6, 6.07) is 15.6. The topological polar surface area (TPSA) is 65.4 Å². The molecule has 1 aliphatic rings. The van der Waals surface area contributed by atoms with Gasteiger partial charge in [-0.3, -0.25) is 4.79 Å². The van der Waals surface area contributed by atoms with Crippen molar-refractivity contribution in [3.63, 3.8) is 0 Å². The number of halogens is 1. The van der Waals surface area contributed by atoms with Gasteiger partial charge in [-0.1, -0.05) is 25.1 Å². The van der Waals surface area contributed by atoms with Crippen molar-refractivity contribution in [1.82, 2.24) is 15.1 Å². The van der Waals surface area contributed by atoms with Crippen LogP contribution in [0.15, 0.2) is 54.6 Å². The molecule has 3 aromatic rings. The molecule has 1 saturated heterocycles. The van der Waals surface area contributed by atoms with Crippen LogP contribution in [0.5, 0.6) is 11.6 Å². The van der Waals surface area contributed by atoms with E-state index in [0.717, 1.165) is 30.7 Å². The van der Waals surface area contributed by atoms with Gasteiger partial charge in [-0.25, -0.2) is 9.07 Å². The fourth-order valence-electron chi connectivity index (χ4n) is 3.84. The molecule has 0 saturated carbocycles. The summed E-state index contributed by atoms with van der Waals surface area (Å²) in [7, 11) is 0. The van der Waals surface area contributed by atoms with E-state index < -0.39 is 0 Å². The van der Waals surface area contributed by atoms with Crippen LogP contribution in [0.25, 0.3) is 5.69 Å². The third-order valence-electron chi connectivity index (χ3n) is 5.54. The van der Waals surface area contributed by atoms with E-state index in [9.17, 15) is 9.18 Å². The van der Waals surface area contributed by atoms with Gasteiger partial charge in [0.25, 0.3) is 0 Å². The molecule has 2 heterocycles. The van der Waals surface area contributed by atoms with Gasteiger partial charge < -0.3 is 14.8 Å². The maximum atomic E-state index is 13.5. The van der Waals surface area contributed by atoms with Crippen LogP contribution in [-0.2, 0) is 22.4 Å². The summed E-state index contributed by atoms with van der Waals surface area (Å²) < 4.78 is 27.0. The lowest BCUT2D eigenvalue weighted by molar-refractivity contribution is -0.121. The molecule has 0 aliphatic carbocycles. The quantitative estimate of drug-likeness (QED) is 0.532. The molecule has 0 bridgehead atoms. The zero-order chi connectivity index (χ0) is 22.3. The van der Waals surface area contributed by atoms with Gasteiger partial charge >= 0.3 is 0 Å². The Kier molecular flexibility index (Phi) is 7.17. The highest BCUT2D eigenvalue weighted by Gasteiger charge is 2.22. The molecular formula is C25H28FN3O3. The summed E-state index contributed by atoms with van der Waals surface area (Å²) in [5.41, 5.74) is 2.43. The van der Waals surface area contributed by atoms with Gasteiger partial charge in [-0.2, -0.15) is 5.10 Å². The predicted molar refractivity (Wildman–Crippen MR) is 120 cm³/mol. The Morgan fingerprint density at radius 2 is 2.00 bits per heavy atom. The number of aromatic nitrogens is 2. The first kappa shape index (κ1) is 22.0. The lowest BCUT2D eigenvalue weighted by Gasteiger charge is -2.12. The largest absolute Gasteiger partial charge is 0.439 e. The van der Waals surface area contributed by atoms with Gasteiger partial charge in [0.1, 0.15) is 11.6 Å². The van der Waals surface area contributed by atoms with Crippen LogP contribution in [0, 0.1) is 5.82 Å². The molecule has 7 heteroatoms. The number of aryl methyl sites for hydroxylation is 1. The average molecular weight is 438 g/mol. The minimum absolute atomic E-state index is 0.0252. The van der Waals surface area contributed by atoms with Crippen LogP contribution in [0.2, 0.25) is 0 Å². The molecule has 1 fully saturated rings. The van der Waals surface area contributed by atoms with E-state index in [1.807, 2.05) is 37.3 Å². The van der Waals surface area contributed by atoms with Crippen LogP contribution in [-0.4, -0.2) is 34.9 Å². The summed E-state index contributed by atoms with van der Waals surface area (Å²) in [6.07, 6.45) is 3.64. The van der Waals surface area contributed by atoms with Crippen LogP contribution in [0.4, 0.5) is 4.39 Å². The van der Waals surface area contributed by atoms with Crippen molar-refractivity contribution in [2.24, 2.45) is 0 Å². The van der Waals surface area contributed by atoms with E-state index in [-0.39, 0.29) is 17.8 Å². The number of hydrogen-bond acceptors (Lipinski definition) is 4. The molecule has 32 heavy (non-hydrogen) atoms. The van der Waals surface area contributed by atoms with Crippen molar-refractivity contribution < 1.29 is 18.7 Å². The number of nitrogens with zero attached hydrogens (tertiary/aromatic N) is 2. The zero-order valence-corrected chi connectivity index (χ0v) is 18.2. The second-order valence-corrected chi connectivity index (χ2v) is 7.83. The van der Waals surface area contributed by atoms with Gasteiger partial charge in [-0.15, -0.1) is 0 Å². The summed E-state index contributed by atoms with van der Waals surface area (Å²) >= 11 is 0. The second kappa shape index (κ2) is 10.4. The van der Waals surface area contributed by atoms with E-state index >= 15 is 0 Å². The van der Waals surface area contributed by atoms with Crippen molar-refractivity contribution in [1.29, 1.82) is 0 Å². The monoisotopic (exact) mass is 437 g/mol. The molecule has 2 aromatic carbocycles. The molecule has 1 amide bonds. The molecule has 168 valence electrons. The number of carbonyl (C=O) groups is 1. The zero-order valence-electron chi connectivity index (χ0n) is 18.2. The van der Waals surface area contributed by atoms with Crippen LogP contribution in [0.1, 0.15) is 37.4 Å². The molecule has 1 unspecified atom stereocenters. The number of para-hydroxylation sites is 1. The number of rotatable bonds is 9. The Hall–Kier alpha value is -3.19. The number of carbonyl (C=O) groups excluding carboxylic acids is 1. The second-order valence-electron chi connectivity index (χ2n) is 7.83. The average Bonchev–Trinajstić information content (AvgIpc) is 3.45. The van der Waals surface area contributed by atoms with Gasteiger partial charge in [0.2, 0.25) is 11.8 Å². The Morgan fingerprint density at radius 1 is 1.22 bits per heavy atom. The molecule has 0 radical (unpaired) electrons. The van der Waals surface area contributed by atoms with Crippen molar-refractivity contribution >= 4 is 5.91 Å². The Labute approximate surface area is 187 Å². The Morgan fingerprint density at radius 3 is 2.69 bits per heavy atom. The first-order valence-electron chi connectivity index (χ1n) is 11.1. The summed E-state index contributed by atoms with van der Waals surface area (Å²) in [5.74, 6) is 0.877. The third kappa shape index (κ3) is 5.34. The summed E-state index contributed by atoms with van der Waals surface area (Å²) in [5, 5.41) is 7.70. The molecule has 0 spiro atoms. The standard InChI is InChI=1S/C25H28FN3O3/c1-2-23-22(14-15-24(30)27-17-21-9-6-16-31-21)25(32-20-7-4-3-5-8-20)29(28-23)19-12-10-18(26)11-13-19/h3-5,7-8,10-13,21H,2,6,9,14-17H2,1H3,(H,27,30). The highest BCUT2D eigenvalue weighted by Crippen LogP contribution is 2.32. The lowest BCUT2D eigenvalue weighted by atomic mass is 10.1. The van der Waals surface area contributed by atoms with Gasteiger partial charge in [0.15, 0.2) is 0 Å². The minimum Gasteiger partial charge on any atom is -0.439 e. The molecule has 1 aliphatic heterocycles. The SMILES string of the molecule is CCc1nn(-c2ccc(F)cc2)c(Oc2ccccc2)c1CCC(=O)NCC1CCCO1. The van der Waals surface area contributed by atoms with Crippen molar-refractivity contribution in [2.75, 3.05) is 13.2 Å². The molecule has 1 aromatic heterocycles. The minimum atomic E-state index is -0.315.